The maximum absolute atomic E-state index is 11.7. The third kappa shape index (κ3) is 1.88. The van der Waals surface area contributed by atoms with E-state index in [-0.39, 0.29) is 11.9 Å². The lowest BCUT2D eigenvalue weighted by atomic mass is 10.1. The maximum Gasteiger partial charge on any atom is 0.243 e. The molecule has 1 aromatic carbocycles. The lowest BCUT2D eigenvalue weighted by molar-refractivity contribution is -0.118. The topological polar surface area (TPSA) is 46.3 Å². The normalized spacial score (nSPS) is 21.1. The number of anilines is 1. The van der Waals surface area contributed by atoms with Gasteiger partial charge >= 0.3 is 0 Å². The Bertz CT molecular complexity index is 380. The Morgan fingerprint density at radius 3 is 2.33 bits per heavy atom. The number of nitrogens with zero attached hydrogens (tertiary/aromatic N) is 1. The first-order valence-electron chi connectivity index (χ1n) is 5.23. The highest BCUT2D eigenvalue weighted by molar-refractivity contribution is 5.99. The Morgan fingerprint density at radius 1 is 1.27 bits per heavy atom. The van der Waals surface area contributed by atoms with Crippen molar-refractivity contribution in [2.75, 3.05) is 11.4 Å². The molecule has 0 saturated carbocycles. The molecule has 0 radical (unpaired) electrons. The van der Waals surface area contributed by atoms with E-state index in [0.29, 0.717) is 0 Å². The van der Waals surface area contributed by atoms with Crippen molar-refractivity contribution in [1.82, 2.24) is 0 Å². The number of nitrogens with two attached hydrogens (primary N) is 1. The maximum atomic E-state index is 11.7. The number of rotatable bonds is 1. The first kappa shape index (κ1) is 10.2. The summed E-state index contributed by atoms with van der Waals surface area (Å²) in [4.78, 5) is 13.5. The van der Waals surface area contributed by atoms with E-state index in [9.17, 15) is 4.79 Å². The molecule has 80 valence electrons. The fourth-order valence-electron chi connectivity index (χ4n) is 2.06. The smallest absolute Gasteiger partial charge is 0.243 e. The van der Waals surface area contributed by atoms with Crippen LogP contribution in [-0.2, 0) is 4.79 Å². The van der Waals surface area contributed by atoms with E-state index in [2.05, 4.69) is 6.07 Å². The zero-order valence-corrected chi connectivity index (χ0v) is 9.16. The number of hydrogen-bond donors (Lipinski definition) is 1. The van der Waals surface area contributed by atoms with Crippen LogP contribution >= 0.6 is 0 Å². The van der Waals surface area contributed by atoms with E-state index in [4.69, 9.17) is 5.73 Å². The molecule has 0 aromatic heterocycles. The molecule has 1 saturated heterocycles. The van der Waals surface area contributed by atoms with Crippen LogP contribution in [0.15, 0.2) is 18.2 Å². The number of carbonyl (C=O) groups is 1. The lowest BCUT2D eigenvalue weighted by Gasteiger charge is -2.17. The molecule has 1 atom stereocenters. The van der Waals surface area contributed by atoms with Gasteiger partial charge in [-0.05, 0) is 43.5 Å². The van der Waals surface area contributed by atoms with E-state index in [0.717, 1.165) is 18.7 Å². The van der Waals surface area contributed by atoms with Gasteiger partial charge in [-0.3, -0.25) is 4.79 Å². The van der Waals surface area contributed by atoms with E-state index >= 15 is 0 Å². The molecule has 1 aliphatic heterocycles. The Balaban J connectivity index is 2.34. The molecule has 3 heteroatoms. The average molecular weight is 204 g/mol. The summed E-state index contributed by atoms with van der Waals surface area (Å²) < 4.78 is 0. The molecule has 1 fully saturated rings. The van der Waals surface area contributed by atoms with E-state index in [1.165, 1.54) is 11.1 Å². The second-order valence-corrected chi connectivity index (χ2v) is 4.23. The van der Waals surface area contributed by atoms with Crippen LogP contribution in [0.25, 0.3) is 0 Å². The molecule has 0 unspecified atom stereocenters. The summed E-state index contributed by atoms with van der Waals surface area (Å²) in [7, 11) is 0. The van der Waals surface area contributed by atoms with Crippen molar-refractivity contribution in [2.45, 2.75) is 26.3 Å². The Hall–Kier alpha value is -1.35. The van der Waals surface area contributed by atoms with Crippen LogP contribution in [0.5, 0.6) is 0 Å². The zero-order chi connectivity index (χ0) is 11.0. The predicted octanol–water partition coefficient (Wildman–Crippen LogP) is 1.37. The van der Waals surface area contributed by atoms with E-state index in [1.54, 1.807) is 4.90 Å². The second-order valence-electron chi connectivity index (χ2n) is 4.23. The predicted molar refractivity (Wildman–Crippen MR) is 60.9 cm³/mol. The molecule has 3 nitrogen and oxygen atoms in total. The SMILES string of the molecule is Cc1cc(C)cc(N2CC[C@H](N)C2=O)c1. The highest BCUT2D eigenvalue weighted by atomic mass is 16.2. The molecule has 2 rings (SSSR count). The average Bonchev–Trinajstić information content (AvgIpc) is 2.46. The molecule has 0 spiro atoms. The van der Waals surface area contributed by atoms with Crippen LogP contribution in [0.1, 0.15) is 17.5 Å². The molecule has 1 amide bonds. The number of benzene rings is 1. The first-order valence-corrected chi connectivity index (χ1v) is 5.23. The van der Waals surface area contributed by atoms with Gasteiger partial charge in [-0.25, -0.2) is 0 Å². The Kier molecular flexibility index (Phi) is 2.49. The summed E-state index contributed by atoms with van der Waals surface area (Å²) in [5.41, 5.74) is 9.03. The molecule has 15 heavy (non-hydrogen) atoms. The monoisotopic (exact) mass is 204 g/mol. The quantitative estimate of drug-likeness (QED) is 0.751. The van der Waals surface area contributed by atoms with Gasteiger partial charge in [0.2, 0.25) is 5.91 Å². The Morgan fingerprint density at radius 2 is 1.87 bits per heavy atom. The summed E-state index contributed by atoms with van der Waals surface area (Å²) >= 11 is 0. The second kappa shape index (κ2) is 3.66. The molecular formula is C12H16N2O. The van der Waals surface area contributed by atoms with Crippen molar-refractivity contribution in [3.05, 3.63) is 29.3 Å². The van der Waals surface area contributed by atoms with Gasteiger partial charge in [-0.15, -0.1) is 0 Å². The highest BCUT2D eigenvalue weighted by Crippen LogP contribution is 2.23. The molecule has 1 aliphatic rings. The standard InChI is InChI=1S/C12H16N2O/c1-8-5-9(2)7-10(6-8)14-4-3-11(13)12(14)15/h5-7,11H,3-4,13H2,1-2H3/t11-/m0/s1. The summed E-state index contributed by atoms with van der Waals surface area (Å²) in [5, 5.41) is 0. The summed E-state index contributed by atoms with van der Waals surface area (Å²) in [6.45, 7) is 4.82. The number of aryl methyl sites for hydroxylation is 2. The summed E-state index contributed by atoms with van der Waals surface area (Å²) in [6, 6.07) is 5.85. The minimum absolute atomic E-state index is 0.0417. The highest BCUT2D eigenvalue weighted by Gasteiger charge is 2.29. The molecule has 2 N–H and O–H groups in total. The molecule has 1 heterocycles. The lowest BCUT2D eigenvalue weighted by Crippen LogP contribution is -2.34. The van der Waals surface area contributed by atoms with Gasteiger partial charge in [0.25, 0.3) is 0 Å². The van der Waals surface area contributed by atoms with E-state index < -0.39 is 0 Å². The van der Waals surface area contributed by atoms with Crippen molar-refractivity contribution in [1.29, 1.82) is 0 Å². The van der Waals surface area contributed by atoms with Gasteiger partial charge in [0.05, 0.1) is 6.04 Å². The molecule has 1 aromatic rings. The number of carbonyl (C=O) groups excluding carboxylic acids is 1. The van der Waals surface area contributed by atoms with Crippen LogP contribution in [0, 0.1) is 13.8 Å². The van der Waals surface area contributed by atoms with Crippen molar-refractivity contribution in [3.63, 3.8) is 0 Å². The molecular weight excluding hydrogens is 188 g/mol. The van der Waals surface area contributed by atoms with Gasteiger partial charge < -0.3 is 10.6 Å². The van der Waals surface area contributed by atoms with Gasteiger partial charge in [0.1, 0.15) is 0 Å². The summed E-state index contributed by atoms with van der Waals surface area (Å²) in [6.07, 6.45) is 0.756. The number of amides is 1. The van der Waals surface area contributed by atoms with Crippen molar-refractivity contribution < 1.29 is 4.79 Å². The minimum Gasteiger partial charge on any atom is -0.320 e. The third-order valence-electron chi connectivity index (χ3n) is 2.77. The minimum atomic E-state index is -0.314. The summed E-state index contributed by atoms with van der Waals surface area (Å²) in [5.74, 6) is 0.0417. The first-order chi connectivity index (χ1) is 7.08. The van der Waals surface area contributed by atoms with Crippen LogP contribution in [0.3, 0.4) is 0 Å². The van der Waals surface area contributed by atoms with Gasteiger partial charge in [0, 0.05) is 12.2 Å². The van der Waals surface area contributed by atoms with Crippen LogP contribution in [-0.4, -0.2) is 18.5 Å². The van der Waals surface area contributed by atoms with E-state index in [1.807, 2.05) is 26.0 Å². The Labute approximate surface area is 89.9 Å². The zero-order valence-electron chi connectivity index (χ0n) is 9.16. The van der Waals surface area contributed by atoms with Crippen LogP contribution in [0.4, 0.5) is 5.69 Å². The van der Waals surface area contributed by atoms with Crippen molar-refractivity contribution >= 4 is 11.6 Å². The van der Waals surface area contributed by atoms with Gasteiger partial charge in [0.15, 0.2) is 0 Å². The van der Waals surface area contributed by atoms with Crippen molar-refractivity contribution in [2.24, 2.45) is 5.73 Å². The van der Waals surface area contributed by atoms with Gasteiger partial charge in [-0.1, -0.05) is 6.07 Å². The van der Waals surface area contributed by atoms with Crippen LogP contribution < -0.4 is 10.6 Å². The fourth-order valence-corrected chi connectivity index (χ4v) is 2.06. The van der Waals surface area contributed by atoms with Gasteiger partial charge in [-0.2, -0.15) is 0 Å². The third-order valence-corrected chi connectivity index (χ3v) is 2.77. The molecule has 0 bridgehead atoms. The fraction of sp³-hybridized carbons (Fsp3) is 0.417. The van der Waals surface area contributed by atoms with Crippen LogP contribution in [0.2, 0.25) is 0 Å². The largest absolute Gasteiger partial charge is 0.320 e. The molecule has 0 aliphatic carbocycles. The van der Waals surface area contributed by atoms with Crippen molar-refractivity contribution in [3.8, 4) is 0 Å². The number of hydrogen-bond acceptors (Lipinski definition) is 2.